The number of hydrogen-bond donors (Lipinski definition) is 1. The van der Waals surface area contributed by atoms with Crippen LogP contribution in [0.5, 0.6) is 0 Å². The first kappa shape index (κ1) is 14.3. The summed E-state index contributed by atoms with van der Waals surface area (Å²) < 4.78 is 7.42. The summed E-state index contributed by atoms with van der Waals surface area (Å²) in [6.45, 7) is -0.235. The summed E-state index contributed by atoms with van der Waals surface area (Å²) in [5.74, 6) is -0.542. The van der Waals surface area contributed by atoms with Crippen molar-refractivity contribution in [1.29, 1.82) is 0 Å². The van der Waals surface area contributed by atoms with E-state index in [2.05, 4.69) is 36.2 Å². The number of rotatable bonds is 4. The van der Waals surface area contributed by atoms with Crippen molar-refractivity contribution in [2.45, 2.75) is 6.54 Å². The average Bonchev–Trinajstić information content (AvgIpc) is 2.83. The van der Waals surface area contributed by atoms with E-state index in [1.807, 2.05) is 0 Å². The standard InChI is InChI=1S/C11H12BrN5O3/c1-16-5-7(3-13-16)15-8-4-14-17(6-9(18)20-2)11(19)10(8)12/h3-5,15H,6H2,1-2H3. The highest BCUT2D eigenvalue weighted by atomic mass is 79.9. The van der Waals surface area contributed by atoms with E-state index in [1.54, 1.807) is 24.1 Å². The minimum atomic E-state index is -0.542. The van der Waals surface area contributed by atoms with Gasteiger partial charge in [-0.2, -0.15) is 10.2 Å². The number of anilines is 2. The monoisotopic (exact) mass is 341 g/mol. The maximum atomic E-state index is 12.0. The van der Waals surface area contributed by atoms with Crippen LogP contribution in [0.15, 0.2) is 27.9 Å². The Labute approximate surface area is 122 Å². The van der Waals surface area contributed by atoms with Crippen LogP contribution in [0.4, 0.5) is 11.4 Å². The minimum Gasteiger partial charge on any atom is -0.468 e. The number of halogens is 1. The fourth-order valence-corrected chi connectivity index (χ4v) is 1.90. The topological polar surface area (TPSA) is 91.0 Å². The van der Waals surface area contributed by atoms with E-state index >= 15 is 0 Å². The van der Waals surface area contributed by atoms with Gasteiger partial charge in [0.15, 0.2) is 0 Å². The van der Waals surface area contributed by atoms with Gasteiger partial charge in [-0.25, -0.2) is 4.68 Å². The second-order valence-corrected chi connectivity index (χ2v) is 4.73. The number of methoxy groups -OCH3 is 1. The van der Waals surface area contributed by atoms with Crippen molar-refractivity contribution < 1.29 is 9.53 Å². The molecule has 0 aromatic carbocycles. The molecule has 8 nitrogen and oxygen atoms in total. The molecule has 0 aliphatic heterocycles. The van der Waals surface area contributed by atoms with E-state index in [9.17, 15) is 9.59 Å². The third-order valence-corrected chi connectivity index (χ3v) is 3.24. The zero-order valence-electron chi connectivity index (χ0n) is 10.8. The second-order valence-electron chi connectivity index (χ2n) is 3.94. The molecule has 0 bridgehead atoms. The van der Waals surface area contributed by atoms with Crippen LogP contribution in [0, 0.1) is 0 Å². The lowest BCUT2D eigenvalue weighted by Gasteiger charge is -2.08. The first-order valence-corrected chi connectivity index (χ1v) is 6.38. The highest BCUT2D eigenvalue weighted by Gasteiger charge is 2.12. The molecule has 20 heavy (non-hydrogen) atoms. The van der Waals surface area contributed by atoms with E-state index in [4.69, 9.17) is 0 Å². The summed E-state index contributed by atoms with van der Waals surface area (Å²) in [7, 11) is 3.04. The largest absolute Gasteiger partial charge is 0.468 e. The second kappa shape index (κ2) is 5.87. The fourth-order valence-electron chi connectivity index (χ4n) is 1.49. The van der Waals surface area contributed by atoms with Crippen molar-refractivity contribution in [3.8, 4) is 0 Å². The van der Waals surface area contributed by atoms with Crippen molar-refractivity contribution in [2.24, 2.45) is 7.05 Å². The molecule has 0 aliphatic rings. The first-order valence-electron chi connectivity index (χ1n) is 5.59. The number of nitrogens with zero attached hydrogens (tertiary/aromatic N) is 4. The summed E-state index contributed by atoms with van der Waals surface area (Å²) >= 11 is 3.19. The number of aromatic nitrogens is 4. The molecule has 2 heterocycles. The van der Waals surface area contributed by atoms with Gasteiger partial charge in [-0.3, -0.25) is 14.3 Å². The molecule has 2 aromatic heterocycles. The molecule has 106 valence electrons. The molecule has 0 fully saturated rings. The van der Waals surface area contributed by atoms with E-state index in [0.717, 1.165) is 10.4 Å². The van der Waals surface area contributed by atoms with Gasteiger partial charge in [0.05, 0.1) is 30.9 Å². The summed E-state index contributed by atoms with van der Waals surface area (Å²) in [4.78, 5) is 23.2. The van der Waals surface area contributed by atoms with Crippen LogP contribution in [0.3, 0.4) is 0 Å². The molecule has 2 aromatic rings. The first-order chi connectivity index (χ1) is 9.51. The van der Waals surface area contributed by atoms with Crippen molar-refractivity contribution in [2.75, 3.05) is 12.4 Å². The zero-order valence-corrected chi connectivity index (χ0v) is 12.4. The molecule has 0 amide bonds. The van der Waals surface area contributed by atoms with Crippen LogP contribution in [0.2, 0.25) is 0 Å². The van der Waals surface area contributed by atoms with E-state index in [1.165, 1.54) is 13.3 Å². The third-order valence-electron chi connectivity index (χ3n) is 2.48. The van der Waals surface area contributed by atoms with Crippen LogP contribution < -0.4 is 10.9 Å². The van der Waals surface area contributed by atoms with Crippen molar-refractivity contribution in [3.63, 3.8) is 0 Å². The van der Waals surface area contributed by atoms with Crippen LogP contribution >= 0.6 is 15.9 Å². The van der Waals surface area contributed by atoms with Gasteiger partial charge in [0.25, 0.3) is 5.56 Å². The minimum absolute atomic E-state index is 0.235. The molecule has 1 N–H and O–H groups in total. The molecule has 0 saturated carbocycles. The van der Waals surface area contributed by atoms with Gasteiger partial charge in [0.2, 0.25) is 0 Å². The molecule has 0 spiro atoms. The number of carbonyl (C=O) groups is 1. The maximum Gasteiger partial charge on any atom is 0.327 e. The number of carbonyl (C=O) groups excluding carboxylic acids is 1. The van der Waals surface area contributed by atoms with Gasteiger partial charge in [0, 0.05) is 13.2 Å². The van der Waals surface area contributed by atoms with Gasteiger partial charge in [-0.1, -0.05) is 0 Å². The van der Waals surface area contributed by atoms with Crippen molar-refractivity contribution in [1.82, 2.24) is 19.6 Å². The Morgan fingerprint density at radius 1 is 1.45 bits per heavy atom. The predicted molar refractivity (Wildman–Crippen MR) is 74.7 cm³/mol. The zero-order chi connectivity index (χ0) is 14.7. The van der Waals surface area contributed by atoms with Gasteiger partial charge in [-0.05, 0) is 15.9 Å². The molecule has 0 radical (unpaired) electrons. The summed E-state index contributed by atoms with van der Waals surface area (Å²) in [6, 6.07) is 0. The van der Waals surface area contributed by atoms with Gasteiger partial charge in [-0.15, -0.1) is 0 Å². The lowest BCUT2D eigenvalue weighted by molar-refractivity contribution is -0.141. The smallest absolute Gasteiger partial charge is 0.327 e. The van der Waals surface area contributed by atoms with E-state index < -0.39 is 11.5 Å². The Bertz CT molecular complexity index is 694. The van der Waals surface area contributed by atoms with Crippen molar-refractivity contribution in [3.05, 3.63) is 33.4 Å². The summed E-state index contributed by atoms with van der Waals surface area (Å²) in [6.07, 6.45) is 4.82. The van der Waals surface area contributed by atoms with Gasteiger partial charge >= 0.3 is 5.97 Å². The number of aryl methyl sites for hydroxylation is 1. The van der Waals surface area contributed by atoms with Gasteiger partial charge < -0.3 is 10.1 Å². The Kier molecular flexibility index (Phi) is 4.18. The number of nitrogens with one attached hydrogen (secondary N) is 1. The lowest BCUT2D eigenvalue weighted by atomic mass is 10.4. The number of esters is 1. The molecule has 0 saturated heterocycles. The molecule has 0 unspecified atom stereocenters. The summed E-state index contributed by atoms with van der Waals surface area (Å²) in [5.41, 5.74) is 0.786. The highest BCUT2D eigenvalue weighted by Crippen LogP contribution is 2.20. The molecule has 9 heteroatoms. The highest BCUT2D eigenvalue weighted by molar-refractivity contribution is 9.10. The van der Waals surface area contributed by atoms with Gasteiger partial charge in [0.1, 0.15) is 11.0 Å². The molecule has 0 aliphatic carbocycles. The van der Waals surface area contributed by atoms with Crippen LogP contribution in [0.25, 0.3) is 0 Å². The molecule has 0 atom stereocenters. The van der Waals surface area contributed by atoms with Crippen LogP contribution in [-0.4, -0.2) is 32.6 Å². The maximum absolute atomic E-state index is 12.0. The van der Waals surface area contributed by atoms with E-state index in [0.29, 0.717) is 5.69 Å². The molecule has 2 rings (SSSR count). The number of ether oxygens (including phenoxy) is 1. The third kappa shape index (κ3) is 3.05. The Balaban J connectivity index is 2.26. The Hall–Kier alpha value is -2.16. The SMILES string of the molecule is COC(=O)Cn1ncc(Nc2cnn(C)c2)c(Br)c1=O. The fraction of sp³-hybridized carbons (Fsp3) is 0.273. The van der Waals surface area contributed by atoms with Crippen LogP contribution in [0.1, 0.15) is 0 Å². The normalized spacial score (nSPS) is 10.3. The van der Waals surface area contributed by atoms with Crippen molar-refractivity contribution >= 4 is 33.3 Å². The predicted octanol–water partition coefficient (Wildman–Crippen LogP) is 0.656. The summed E-state index contributed by atoms with van der Waals surface area (Å²) in [5, 5.41) is 10.9. The average molecular weight is 342 g/mol. The van der Waals surface area contributed by atoms with Crippen LogP contribution in [-0.2, 0) is 23.1 Å². The lowest BCUT2D eigenvalue weighted by Crippen LogP contribution is -2.28. The molecular weight excluding hydrogens is 330 g/mol. The quantitative estimate of drug-likeness (QED) is 0.821. The Morgan fingerprint density at radius 3 is 2.80 bits per heavy atom. The Morgan fingerprint density at radius 2 is 2.20 bits per heavy atom. The van der Waals surface area contributed by atoms with E-state index in [-0.39, 0.29) is 11.0 Å². The molecular formula is C11H12BrN5O3. The number of hydrogen-bond acceptors (Lipinski definition) is 6.